The molecule has 2 N–H and O–H groups in total. The van der Waals surface area contributed by atoms with Gasteiger partial charge in [0.1, 0.15) is 5.69 Å². The average molecular weight is 685 g/mol. The lowest BCUT2D eigenvalue weighted by atomic mass is 10.0. The van der Waals surface area contributed by atoms with Crippen LogP contribution in [0.3, 0.4) is 0 Å². The first-order valence-electron chi connectivity index (χ1n) is 16.3. The summed E-state index contributed by atoms with van der Waals surface area (Å²) in [6.07, 6.45) is 3.50. The summed E-state index contributed by atoms with van der Waals surface area (Å²) in [6, 6.07) is 13.2. The zero-order valence-electron chi connectivity index (χ0n) is 28.4. The van der Waals surface area contributed by atoms with Crippen molar-refractivity contribution in [2.75, 3.05) is 51.5 Å². The van der Waals surface area contributed by atoms with Crippen LogP contribution in [0, 0.1) is 18.8 Å². The van der Waals surface area contributed by atoms with Crippen LogP contribution in [-0.4, -0.2) is 81.8 Å². The zero-order valence-corrected chi connectivity index (χ0v) is 28.4. The summed E-state index contributed by atoms with van der Waals surface area (Å²) in [7, 11) is 5.61. The standard InChI is InChI=1S/C37H39F3N8O2/c1-25-7-8-27(36(49)44-29-11-9-28(33(19-29)37(38,39)40)22-46-15-13-32(24-46)45(2)3)18-26(25)10-12-31-21-41-35-34(6-5-14-48(31)35)43-30-20-42-47(23-30)16-17-50-4/h5-9,11,14,18-21,23,32,43H,13,15-17,22,24H2,1-4H3,(H,44,49). The van der Waals surface area contributed by atoms with Gasteiger partial charge < -0.3 is 20.3 Å². The van der Waals surface area contributed by atoms with Crippen molar-refractivity contribution in [1.82, 2.24) is 29.0 Å². The number of likely N-dealkylation sites (N-methyl/N-ethyl adjacent to an activating group) is 1. The van der Waals surface area contributed by atoms with Crippen molar-refractivity contribution in [3.8, 4) is 11.8 Å². The molecule has 1 saturated heterocycles. The summed E-state index contributed by atoms with van der Waals surface area (Å²) >= 11 is 0. The maximum Gasteiger partial charge on any atom is 0.416 e. The molecule has 6 rings (SSSR count). The van der Waals surface area contributed by atoms with Gasteiger partial charge in [0.25, 0.3) is 5.91 Å². The monoisotopic (exact) mass is 684 g/mol. The number of pyridine rings is 1. The Bertz CT molecular complexity index is 2060. The number of hydrogen-bond acceptors (Lipinski definition) is 7. The second-order valence-corrected chi connectivity index (χ2v) is 12.6. The van der Waals surface area contributed by atoms with Crippen LogP contribution in [0.15, 0.2) is 73.3 Å². The molecule has 1 aliphatic heterocycles. The Morgan fingerprint density at radius 1 is 1.10 bits per heavy atom. The number of likely N-dealkylation sites (tertiary alicyclic amines) is 1. The summed E-state index contributed by atoms with van der Waals surface area (Å²) in [6.45, 7) is 4.70. The number of aromatic nitrogens is 4. The topological polar surface area (TPSA) is 92.0 Å². The van der Waals surface area contributed by atoms with Crippen LogP contribution in [0.1, 0.15) is 44.7 Å². The molecule has 1 amide bonds. The molecule has 2 aromatic carbocycles. The number of nitrogens with one attached hydrogen (secondary N) is 2. The first-order valence-corrected chi connectivity index (χ1v) is 16.3. The normalized spacial score (nSPS) is 15.0. The number of halogens is 3. The molecule has 1 atom stereocenters. The number of imidazole rings is 1. The van der Waals surface area contributed by atoms with Gasteiger partial charge in [0.05, 0.1) is 42.5 Å². The highest BCUT2D eigenvalue weighted by molar-refractivity contribution is 6.04. The van der Waals surface area contributed by atoms with Gasteiger partial charge in [-0.3, -0.25) is 18.8 Å². The van der Waals surface area contributed by atoms with E-state index in [9.17, 15) is 18.0 Å². The Hall–Kier alpha value is -5.16. The summed E-state index contributed by atoms with van der Waals surface area (Å²) < 4.78 is 51.2. The van der Waals surface area contributed by atoms with Gasteiger partial charge in [-0.05, 0) is 80.9 Å². The fourth-order valence-corrected chi connectivity index (χ4v) is 6.00. The average Bonchev–Trinajstić information content (AvgIpc) is 3.84. The highest BCUT2D eigenvalue weighted by Gasteiger charge is 2.35. The Kier molecular flexibility index (Phi) is 10.2. The van der Waals surface area contributed by atoms with Gasteiger partial charge in [0.15, 0.2) is 5.65 Å². The summed E-state index contributed by atoms with van der Waals surface area (Å²) in [5, 5.41) is 10.3. The Labute approximate surface area is 288 Å². The third-order valence-corrected chi connectivity index (χ3v) is 8.84. The van der Waals surface area contributed by atoms with Crippen LogP contribution >= 0.6 is 0 Å². The molecule has 0 bridgehead atoms. The van der Waals surface area contributed by atoms with Crippen molar-refractivity contribution in [2.45, 2.75) is 38.7 Å². The number of alkyl halides is 3. The van der Waals surface area contributed by atoms with Crippen LogP contribution in [0.4, 0.5) is 30.2 Å². The van der Waals surface area contributed by atoms with Crippen molar-refractivity contribution >= 4 is 28.6 Å². The van der Waals surface area contributed by atoms with Crippen LogP contribution in [0.2, 0.25) is 0 Å². The lowest BCUT2D eigenvalue weighted by molar-refractivity contribution is -0.138. The van der Waals surface area contributed by atoms with Crippen molar-refractivity contribution < 1.29 is 22.7 Å². The van der Waals surface area contributed by atoms with Gasteiger partial charge in [-0.25, -0.2) is 4.98 Å². The lowest BCUT2D eigenvalue weighted by Gasteiger charge is -2.22. The van der Waals surface area contributed by atoms with E-state index in [0.29, 0.717) is 42.6 Å². The van der Waals surface area contributed by atoms with Gasteiger partial charge in [-0.1, -0.05) is 18.1 Å². The van der Waals surface area contributed by atoms with Crippen molar-refractivity contribution in [3.63, 3.8) is 0 Å². The number of rotatable bonds is 10. The minimum Gasteiger partial charge on any atom is -0.383 e. The molecule has 0 aliphatic carbocycles. The lowest BCUT2D eigenvalue weighted by Crippen LogP contribution is -2.31. The highest BCUT2D eigenvalue weighted by Crippen LogP contribution is 2.35. The van der Waals surface area contributed by atoms with Crippen molar-refractivity contribution in [3.05, 3.63) is 107 Å². The van der Waals surface area contributed by atoms with E-state index >= 15 is 0 Å². The molecule has 0 spiro atoms. The number of aryl methyl sites for hydroxylation is 1. The van der Waals surface area contributed by atoms with Gasteiger partial charge in [0, 0.05) is 62.0 Å². The summed E-state index contributed by atoms with van der Waals surface area (Å²) in [5.74, 6) is 5.77. The van der Waals surface area contributed by atoms with Crippen LogP contribution in [0.25, 0.3) is 5.65 Å². The van der Waals surface area contributed by atoms with E-state index < -0.39 is 17.6 Å². The summed E-state index contributed by atoms with van der Waals surface area (Å²) in [4.78, 5) is 22.0. The smallest absolute Gasteiger partial charge is 0.383 e. The minimum atomic E-state index is -4.56. The van der Waals surface area contributed by atoms with E-state index in [1.165, 1.54) is 12.1 Å². The van der Waals surface area contributed by atoms with Gasteiger partial charge in [-0.15, -0.1) is 0 Å². The number of benzene rings is 2. The van der Waals surface area contributed by atoms with Gasteiger partial charge in [-0.2, -0.15) is 18.3 Å². The Morgan fingerprint density at radius 2 is 1.94 bits per heavy atom. The predicted molar refractivity (Wildman–Crippen MR) is 187 cm³/mol. The van der Waals surface area contributed by atoms with E-state index in [1.54, 1.807) is 42.4 Å². The van der Waals surface area contributed by atoms with E-state index in [-0.39, 0.29) is 23.4 Å². The molecule has 1 aliphatic rings. The molecule has 50 heavy (non-hydrogen) atoms. The molecule has 260 valence electrons. The second kappa shape index (κ2) is 14.8. The highest BCUT2D eigenvalue weighted by atomic mass is 19.4. The number of hydrogen-bond donors (Lipinski definition) is 2. The molecule has 10 nitrogen and oxygen atoms in total. The molecule has 13 heteroatoms. The number of ether oxygens (including phenoxy) is 1. The molecule has 4 heterocycles. The summed E-state index contributed by atoms with van der Waals surface area (Å²) in [5.41, 5.74) is 4.14. The first-order chi connectivity index (χ1) is 24.0. The number of nitrogens with zero attached hydrogens (tertiary/aromatic N) is 6. The molecule has 1 fully saturated rings. The van der Waals surface area contributed by atoms with E-state index in [0.717, 1.165) is 36.0 Å². The molecular formula is C37H39F3N8O2. The molecule has 0 radical (unpaired) electrons. The van der Waals surface area contributed by atoms with Crippen LogP contribution < -0.4 is 10.6 Å². The number of methoxy groups -OCH3 is 1. The molecule has 1 unspecified atom stereocenters. The number of carbonyl (C=O) groups excluding carboxylic acids is 1. The maximum atomic E-state index is 14.2. The number of carbonyl (C=O) groups is 1. The number of amides is 1. The molecule has 3 aromatic heterocycles. The minimum absolute atomic E-state index is 0.0735. The quantitative estimate of drug-likeness (QED) is 0.174. The number of anilines is 3. The van der Waals surface area contributed by atoms with Crippen LogP contribution in [-0.2, 0) is 24.0 Å². The number of fused-ring (bicyclic) bond motifs is 1. The fourth-order valence-electron chi connectivity index (χ4n) is 6.00. The van der Waals surface area contributed by atoms with Gasteiger partial charge >= 0.3 is 6.18 Å². The Morgan fingerprint density at radius 3 is 2.70 bits per heavy atom. The zero-order chi connectivity index (χ0) is 35.4. The molecule has 5 aromatic rings. The third-order valence-electron chi connectivity index (χ3n) is 8.84. The van der Waals surface area contributed by atoms with Crippen molar-refractivity contribution in [1.29, 1.82) is 0 Å². The van der Waals surface area contributed by atoms with E-state index in [1.807, 2.05) is 54.8 Å². The SMILES string of the molecule is COCCn1cc(Nc2cccn3c(C#Cc4cc(C(=O)Nc5ccc(CN6CCC(N(C)C)C6)c(C(F)(F)F)c5)ccc4C)cnc23)cn1. The third kappa shape index (κ3) is 8.00. The van der Waals surface area contributed by atoms with E-state index in [2.05, 4.69) is 37.5 Å². The van der Waals surface area contributed by atoms with Crippen molar-refractivity contribution in [2.24, 2.45) is 0 Å². The first kappa shape index (κ1) is 34.7. The van der Waals surface area contributed by atoms with Crippen LogP contribution in [0.5, 0.6) is 0 Å². The molecular weight excluding hydrogens is 645 g/mol. The van der Waals surface area contributed by atoms with E-state index in [4.69, 9.17) is 4.74 Å². The molecule has 0 saturated carbocycles. The predicted octanol–water partition coefficient (Wildman–Crippen LogP) is 6.04. The Balaban J connectivity index is 1.17. The maximum absolute atomic E-state index is 14.2. The van der Waals surface area contributed by atoms with Gasteiger partial charge in [0.2, 0.25) is 0 Å². The largest absolute Gasteiger partial charge is 0.416 e. The fraction of sp³-hybridized carbons (Fsp3) is 0.324. The second-order valence-electron chi connectivity index (χ2n) is 12.6.